The average molecular weight is 219 g/mol. The Balaban J connectivity index is 0.000000980. The van der Waals surface area contributed by atoms with Crippen molar-refractivity contribution in [1.29, 1.82) is 0 Å². The van der Waals surface area contributed by atoms with Crippen molar-refractivity contribution in [2.45, 2.75) is 38.1 Å². The molecule has 2 N–H and O–H groups in total. The summed E-state index contributed by atoms with van der Waals surface area (Å²) < 4.78 is 0. The van der Waals surface area contributed by atoms with Crippen LogP contribution in [-0.2, 0) is 4.79 Å². The molecule has 0 aromatic carbocycles. The Hall–Kier alpha value is -0.280. The second-order valence-corrected chi connectivity index (χ2v) is 4.59. The van der Waals surface area contributed by atoms with E-state index in [1.54, 1.807) is 0 Å². The first kappa shape index (κ1) is 11.8. The molecule has 14 heavy (non-hydrogen) atoms. The highest BCUT2D eigenvalue weighted by molar-refractivity contribution is 5.85. The number of hydrogen-bond donors (Lipinski definition) is 2. The summed E-state index contributed by atoms with van der Waals surface area (Å²) in [6, 6.07) is 0. The highest BCUT2D eigenvalue weighted by Crippen LogP contribution is 2.34. The van der Waals surface area contributed by atoms with E-state index >= 15 is 0 Å². The van der Waals surface area contributed by atoms with Gasteiger partial charge in [-0.05, 0) is 39.2 Å². The van der Waals surface area contributed by atoms with Crippen molar-refractivity contribution in [2.75, 3.05) is 13.1 Å². The molecule has 2 rings (SSSR count). The monoisotopic (exact) mass is 218 g/mol. The Labute approximate surface area is 91.4 Å². The van der Waals surface area contributed by atoms with Crippen LogP contribution in [0.1, 0.15) is 32.6 Å². The third-order valence-electron chi connectivity index (χ3n) is 3.09. The molecule has 1 atom stereocenters. The minimum absolute atomic E-state index is 0. The van der Waals surface area contributed by atoms with E-state index in [0.29, 0.717) is 0 Å². The third kappa shape index (κ3) is 2.85. The van der Waals surface area contributed by atoms with Gasteiger partial charge in [-0.2, -0.15) is 0 Å². The van der Waals surface area contributed by atoms with Crippen molar-refractivity contribution in [3.8, 4) is 0 Å². The number of halogens is 1. The molecule has 82 valence electrons. The smallest absolute Gasteiger partial charge is 0.224 e. The van der Waals surface area contributed by atoms with Crippen LogP contribution >= 0.6 is 12.4 Å². The SMILES string of the molecule is CC1(NC(=O)[C@H]2CCCNC2)CC1.Cl. The summed E-state index contributed by atoms with van der Waals surface area (Å²) >= 11 is 0. The van der Waals surface area contributed by atoms with Crippen LogP contribution in [0.15, 0.2) is 0 Å². The molecule has 0 bridgehead atoms. The molecule has 0 radical (unpaired) electrons. The molecule has 2 fully saturated rings. The number of carbonyl (C=O) groups excluding carboxylic acids is 1. The number of piperidine rings is 1. The maximum Gasteiger partial charge on any atom is 0.224 e. The molecule has 1 aliphatic carbocycles. The minimum Gasteiger partial charge on any atom is -0.351 e. The van der Waals surface area contributed by atoms with Gasteiger partial charge in [0, 0.05) is 12.1 Å². The zero-order valence-corrected chi connectivity index (χ0v) is 9.45. The molecular weight excluding hydrogens is 200 g/mol. The molecule has 0 unspecified atom stereocenters. The van der Waals surface area contributed by atoms with Gasteiger partial charge in [-0.3, -0.25) is 4.79 Å². The predicted octanol–water partition coefficient (Wildman–Crippen LogP) is 1.08. The molecule has 1 amide bonds. The van der Waals surface area contributed by atoms with Crippen LogP contribution in [0.3, 0.4) is 0 Å². The first-order valence-corrected chi connectivity index (χ1v) is 5.22. The Morgan fingerprint density at radius 2 is 2.21 bits per heavy atom. The molecule has 4 heteroatoms. The van der Waals surface area contributed by atoms with Crippen LogP contribution in [0, 0.1) is 5.92 Å². The van der Waals surface area contributed by atoms with Crippen LogP contribution in [0.4, 0.5) is 0 Å². The van der Waals surface area contributed by atoms with Crippen LogP contribution in [-0.4, -0.2) is 24.5 Å². The quantitative estimate of drug-likeness (QED) is 0.728. The molecule has 0 spiro atoms. The Kier molecular flexibility index (Phi) is 3.78. The zero-order chi connectivity index (χ0) is 9.31. The van der Waals surface area contributed by atoms with Gasteiger partial charge >= 0.3 is 0 Å². The summed E-state index contributed by atoms with van der Waals surface area (Å²) in [6.45, 7) is 4.06. The highest BCUT2D eigenvalue weighted by atomic mass is 35.5. The zero-order valence-electron chi connectivity index (χ0n) is 8.64. The lowest BCUT2D eigenvalue weighted by molar-refractivity contribution is -0.126. The first-order chi connectivity index (χ1) is 6.20. The standard InChI is InChI=1S/C10H18N2O.ClH/c1-10(4-5-10)12-9(13)8-3-2-6-11-7-8;/h8,11H,2-7H2,1H3,(H,12,13);1H/t8-;/m0./s1. The van der Waals surface area contributed by atoms with E-state index < -0.39 is 0 Å². The molecule has 0 aromatic heterocycles. The highest BCUT2D eigenvalue weighted by Gasteiger charge is 2.39. The van der Waals surface area contributed by atoms with Crippen molar-refractivity contribution in [1.82, 2.24) is 10.6 Å². The maximum absolute atomic E-state index is 11.7. The fraction of sp³-hybridized carbons (Fsp3) is 0.900. The summed E-state index contributed by atoms with van der Waals surface area (Å²) in [5.74, 6) is 0.471. The second-order valence-electron chi connectivity index (χ2n) is 4.59. The Morgan fingerprint density at radius 1 is 1.50 bits per heavy atom. The van der Waals surface area contributed by atoms with E-state index in [2.05, 4.69) is 17.6 Å². The van der Waals surface area contributed by atoms with Crippen molar-refractivity contribution in [3.05, 3.63) is 0 Å². The molecular formula is C10H19ClN2O. The number of amides is 1. The molecule has 1 heterocycles. The summed E-state index contributed by atoms with van der Waals surface area (Å²) in [5, 5.41) is 6.38. The molecule has 3 nitrogen and oxygen atoms in total. The lowest BCUT2D eigenvalue weighted by Crippen LogP contribution is -2.44. The molecule has 0 aromatic rings. The van der Waals surface area contributed by atoms with E-state index in [-0.39, 0.29) is 29.8 Å². The number of hydrogen-bond acceptors (Lipinski definition) is 2. The summed E-state index contributed by atoms with van der Waals surface area (Å²) in [4.78, 5) is 11.7. The fourth-order valence-electron chi connectivity index (χ4n) is 1.79. The average Bonchev–Trinajstić information content (AvgIpc) is 2.85. The minimum atomic E-state index is 0. The van der Waals surface area contributed by atoms with E-state index in [1.807, 2.05) is 0 Å². The van der Waals surface area contributed by atoms with Crippen LogP contribution in [0.2, 0.25) is 0 Å². The summed E-state index contributed by atoms with van der Waals surface area (Å²) in [6.07, 6.45) is 4.49. The van der Waals surface area contributed by atoms with Crippen molar-refractivity contribution in [2.24, 2.45) is 5.92 Å². The topological polar surface area (TPSA) is 41.1 Å². The van der Waals surface area contributed by atoms with E-state index in [9.17, 15) is 4.79 Å². The molecule has 1 aliphatic heterocycles. The van der Waals surface area contributed by atoms with Gasteiger partial charge in [-0.25, -0.2) is 0 Å². The molecule has 2 aliphatic rings. The van der Waals surface area contributed by atoms with Crippen LogP contribution in [0.25, 0.3) is 0 Å². The molecule has 1 saturated carbocycles. The van der Waals surface area contributed by atoms with Gasteiger partial charge in [0.25, 0.3) is 0 Å². The second kappa shape index (κ2) is 4.49. The Morgan fingerprint density at radius 3 is 2.71 bits per heavy atom. The van der Waals surface area contributed by atoms with Gasteiger partial charge in [0.1, 0.15) is 0 Å². The number of rotatable bonds is 2. The van der Waals surface area contributed by atoms with Gasteiger partial charge < -0.3 is 10.6 Å². The van der Waals surface area contributed by atoms with Crippen molar-refractivity contribution < 1.29 is 4.79 Å². The fourth-order valence-corrected chi connectivity index (χ4v) is 1.79. The van der Waals surface area contributed by atoms with Gasteiger partial charge in [0.05, 0.1) is 5.92 Å². The van der Waals surface area contributed by atoms with Crippen molar-refractivity contribution >= 4 is 18.3 Å². The number of nitrogens with one attached hydrogen (secondary N) is 2. The van der Waals surface area contributed by atoms with E-state index in [4.69, 9.17) is 0 Å². The normalized spacial score (nSPS) is 28.8. The summed E-state index contributed by atoms with van der Waals surface area (Å²) in [5.41, 5.74) is 0.147. The predicted molar refractivity (Wildman–Crippen MR) is 58.6 cm³/mol. The number of carbonyl (C=O) groups is 1. The first-order valence-electron chi connectivity index (χ1n) is 5.22. The van der Waals surface area contributed by atoms with Gasteiger partial charge in [0.2, 0.25) is 5.91 Å². The maximum atomic E-state index is 11.7. The summed E-state index contributed by atoms with van der Waals surface area (Å²) in [7, 11) is 0. The Bertz CT molecular complexity index is 210. The van der Waals surface area contributed by atoms with Crippen LogP contribution in [0.5, 0.6) is 0 Å². The van der Waals surface area contributed by atoms with E-state index in [1.165, 1.54) is 0 Å². The third-order valence-corrected chi connectivity index (χ3v) is 3.09. The van der Waals surface area contributed by atoms with Crippen molar-refractivity contribution in [3.63, 3.8) is 0 Å². The largest absolute Gasteiger partial charge is 0.351 e. The lowest BCUT2D eigenvalue weighted by Gasteiger charge is -2.23. The van der Waals surface area contributed by atoms with E-state index in [0.717, 1.165) is 38.8 Å². The molecule has 1 saturated heterocycles. The van der Waals surface area contributed by atoms with Crippen LogP contribution < -0.4 is 10.6 Å². The van der Waals surface area contributed by atoms with Gasteiger partial charge in [-0.15, -0.1) is 12.4 Å². The van der Waals surface area contributed by atoms with Gasteiger partial charge in [-0.1, -0.05) is 0 Å². The van der Waals surface area contributed by atoms with Gasteiger partial charge in [0.15, 0.2) is 0 Å². The lowest BCUT2D eigenvalue weighted by atomic mass is 9.98.